The number of hydrogen-bond donors (Lipinski definition) is 1. The normalized spacial score (nSPS) is 12.5. The van der Waals surface area contributed by atoms with Gasteiger partial charge in [-0.05, 0) is 61.8 Å². The van der Waals surface area contributed by atoms with E-state index in [2.05, 4.69) is 64.8 Å². The number of nitrogens with zero attached hydrogens (tertiary/aromatic N) is 2. The third kappa shape index (κ3) is 3.96. The summed E-state index contributed by atoms with van der Waals surface area (Å²) >= 11 is 3.57. The number of halogens is 1. The van der Waals surface area contributed by atoms with Gasteiger partial charge in [-0.1, -0.05) is 13.0 Å². The predicted octanol–water partition coefficient (Wildman–Crippen LogP) is 3.63. The third-order valence-electron chi connectivity index (χ3n) is 2.64. The Hall–Kier alpha value is -0.610. The van der Waals surface area contributed by atoms with Gasteiger partial charge in [0, 0.05) is 6.04 Å². The van der Waals surface area contributed by atoms with Gasteiger partial charge in [-0.25, -0.2) is 0 Å². The lowest BCUT2D eigenvalue weighted by Crippen LogP contribution is -2.13. The highest BCUT2D eigenvalue weighted by Gasteiger charge is 2.12. The maximum absolute atomic E-state index is 4.39. The fourth-order valence-corrected chi connectivity index (χ4v) is 2.35. The minimum absolute atomic E-state index is 0.383. The van der Waals surface area contributed by atoms with Gasteiger partial charge in [-0.2, -0.15) is 5.10 Å². The number of rotatable bonds is 6. The van der Waals surface area contributed by atoms with Crippen molar-refractivity contribution in [1.29, 1.82) is 0 Å². The molecule has 1 aromatic heterocycles. The average Bonchev–Trinajstić information content (AvgIpc) is 2.66. The zero-order valence-electron chi connectivity index (χ0n) is 11.1. The molecule has 0 unspecified atom stereocenters. The van der Waals surface area contributed by atoms with Gasteiger partial charge in [0.2, 0.25) is 0 Å². The van der Waals surface area contributed by atoms with Gasteiger partial charge in [0.05, 0.1) is 16.4 Å². The molecule has 0 aromatic carbocycles. The van der Waals surface area contributed by atoms with E-state index in [-0.39, 0.29) is 0 Å². The van der Waals surface area contributed by atoms with Gasteiger partial charge >= 0.3 is 0 Å². The molecule has 0 aliphatic carbocycles. The number of hydrogen-bond acceptors (Lipinski definition) is 2. The molecule has 3 nitrogen and oxygen atoms in total. The van der Waals surface area contributed by atoms with Crippen LogP contribution in [0.15, 0.2) is 16.7 Å². The first kappa shape index (κ1) is 14.5. The van der Waals surface area contributed by atoms with Crippen molar-refractivity contribution in [3.05, 3.63) is 22.4 Å². The van der Waals surface area contributed by atoms with Gasteiger partial charge in [0.1, 0.15) is 0 Å². The van der Waals surface area contributed by atoms with Crippen LogP contribution in [0.4, 0.5) is 0 Å². The molecule has 0 spiro atoms. The Labute approximate surface area is 112 Å². The largest absolute Gasteiger partial charge is 0.317 e. The van der Waals surface area contributed by atoms with Crippen LogP contribution in [0.25, 0.3) is 5.57 Å². The molecule has 0 atom stereocenters. The summed E-state index contributed by atoms with van der Waals surface area (Å²) in [6, 6.07) is 0.383. The van der Waals surface area contributed by atoms with Crippen LogP contribution in [-0.2, 0) is 0 Å². The molecular weight excluding hydrogens is 278 g/mol. The maximum Gasteiger partial charge on any atom is 0.0781 e. The predicted molar refractivity (Wildman–Crippen MR) is 77.1 cm³/mol. The lowest BCUT2D eigenvalue weighted by Gasteiger charge is -2.12. The second-order valence-electron chi connectivity index (χ2n) is 4.41. The highest BCUT2D eigenvalue weighted by atomic mass is 79.9. The van der Waals surface area contributed by atoms with Crippen molar-refractivity contribution in [3.63, 3.8) is 0 Å². The van der Waals surface area contributed by atoms with Crippen LogP contribution < -0.4 is 5.32 Å². The van der Waals surface area contributed by atoms with Crippen LogP contribution in [0.2, 0.25) is 0 Å². The molecule has 1 rings (SSSR count). The van der Waals surface area contributed by atoms with E-state index >= 15 is 0 Å². The third-order valence-corrected chi connectivity index (χ3v) is 3.22. The number of aromatic nitrogens is 2. The van der Waals surface area contributed by atoms with Gasteiger partial charge in [-0.3, -0.25) is 4.68 Å². The zero-order valence-corrected chi connectivity index (χ0v) is 12.7. The Morgan fingerprint density at radius 2 is 2.29 bits per heavy atom. The van der Waals surface area contributed by atoms with Crippen LogP contribution in [0, 0.1) is 0 Å². The fraction of sp³-hybridized carbons (Fsp3) is 0.615. The highest BCUT2D eigenvalue weighted by molar-refractivity contribution is 9.10. The lowest BCUT2D eigenvalue weighted by atomic mass is 10.1. The summed E-state index contributed by atoms with van der Waals surface area (Å²) in [5.41, 5.74) is 2.47. The summed E-state index contributed by atoms with van der Waals surface area (Å²) in [4.78, 5) is 0. The molecular formula is C13H22BrN3. The zero-order chi connectivity index (χ0) is 12.8. The van der Waals surface area contributed by atoms with E-state index in [9.17, 15) is 0 Å². The summed E-state index contributed by atoms with van der Waals surface area (Å²) in [5.74, 6) is 0. The van der Waals surface area contributed by atoms with E-state index in [0.29, 0.717) is 6.04 Å². The molecule has 17 heavy (non-hydrogen) atoms. The molecule has 0 fully saturated rings. The summed E-state index contributed by atoms with van der Waals surface area (Å²) in [6.45, 7) is 10.6. The second kappa shape index (κ2) is 6.97. The quantitative estimate of drug-likeness (QED) is 0.813. The Morgan fingerprint density at radius 3 is 2.88 bits per heavy atom. The first-order valence-electron chi connectivity index (χ1n) is 6.18. The molecule has 1 heterocycles. The van der Waals surface area contributed by atoms with Crippen molar-refractivity contribution < 1.29 is 0 Å². The standard InChI is InChI=1S/C13H22BrN3/c1-5-15-8-6-7-11(4)13-12(14)9-16-17(13)10(2)3/h7,9-10,15H,5-6,8H2,1-4H3/b11-7-. The van der Waals surface area contributed by atoms with Crippen LogP contribution in [0.1, 0.15) is 45.9 Å². The van der Waals surface area contributed by atoms with Gasteiger partial charge in [-0.15, -0.1) is 0 Å². The molecule has 0 aliphatic rings. The number of allylic oxidation sites excluding steroid dienone is 1. The second-order valence-corrected chi connectivity index (χ2v) is 5.26. The van der Waals surface area contributed by atoms with Crippen LogP contribution >= 0.6 is 15.9 Å². The Balaban J connectivity index is 2.80. The van der Waals surface area contributed by atoms with Gasteiger partial charge in [0.25, 0.3) is 0 Å². The highest BCUT2D eigenvalue weighted by Crippen LogP contribution is 2.26. The monoisotopic (exact) mass is 299 g/mol. The van der Waals surface area contributed by atoms with Gasteiger partial charge in [0.15, 0.2) is 0 Å². The van der Waals surface area contributed by atoms with E-state index in [1.165, 1.54) is 11.3 Å². The minimum atomic E-state index is 0.383. The summed E-state index contributed by atoms with van der Waals surface area (Å²) in [6.07, 6.45) is 5.19. The van der Waals surface area contributed by atoms with Crippen molar-refractivity contribution in [3.8, 4) is 0 Å². The van der Waals surface area contributed by atoms with Gasteiger partial charge < -0.3 is 5.32 Å². The maximum atomic E-state index is 4.39. The molecule has 96 valence electrons. The lowest BCUT2D eigenvalue weighted by molar-refractivity contribution is 0.526. The molecule has 0 bridgehead atoms. The Kier molecular flexibility index (Phi) is 5.92. The van der Waals surface area contributed by atoms with Crippen LogP contribution in [0.3, 0.4) is 0 Å². The van der Waals surface area contributed by atoms with E-state index in [0.717, 1.165) is 24.0 Å². The first-order chi connectivity index (χ1) is 8.07. The van der Waals surface area contributed by atoms with Crippen molar-refractivity contribution in [2.24, 2.45) is 0 Å². The minimum Gasteiger partial charge on any atom is -0.317 e. The first-order valence-corrected chi connectivity index (χ1v) is 6.98. The summed E-state index contributed by atoms with van der Waals surface area (Å²) < 4.78 is 3.13. The van der Waals surface area contributed by atoms with Crippen LogP contribution in [-0.4, -0.2) is 22.9 Å². The van der Waals surface area contributed by atoms with E-state index in [1.54, 1.807) is 0 Å². The average molecular weight is 300 g/mol. The van der Waals surface area contributed by atoms with Crippen molar-refractivity contribution in [2.75, 3.05) is 13.1 Å². The Morgan fingerprint density at radius 1 is 1.59 bits per heavy atom. The van der Waals surface area contributed by atoms with Crippen molar-refractivity contribution >= 4 is 21.5 Å². The molecule has 1 N–H and O–H groups in total. The smallest absolute Gasteiger partial charge is 0.0781 e. The molecule has 4 heteroatoms. The molecule has 1 aromatic rings. The molecule has 0 aliphatic heterocycles. The number of nitrogens with one attached hydrogen (secondary N) is 1. The SMILES string of the molecule is CCNCC/C=C(/C)c1c(Br)cnn1C(C)C. The topological polar surface area (TPSA) is 29.9 Å². The van der Waals surface area contributed by atoms with Crippen molar-refractivity contribution in [2.45, 2.75) is 40.2 Å². The molecule has 0 amide bonds. The van der Waals surface area contributed by atoms with E-state index in [4.69, 9.17) is 0 Å². The van der Waals surface area contributed by atoms with Crippen LogP contribution in [0.5, 0.6) is 0 Å². The van der Waals surface area contributed by atoms with Crippen molar-refractivity contribution in [1.82, 2.24) is 15.1 Å². The fourth-order valence-electron chi connectivity index (χ4n) is 1.77. The van der Waals surface area contributed by atoms with E-state index < -0.39 is 0 Å². The van der Waals surface area contributed by atoms with E-state index in [1.807, 2.05) is 6.20 Å². The molecule has 0 saturated carbocycles. The Bertz CT molecular complexity index is 380. The summed E-state index contributed by atoms with van der Waals surface area (Å²) in [7, 11) is 0. The molecule has 0 radical (unpaired) electrons. The summed E-state index contributed by atoms with van der Waals surface area (Å²) in [5, 5.41) is 7.72. The molecule has 0 saturated heterocycles.